The number of ether oxygens (including phenoxy) is 1. The fourth-order valence-corrected chi connectivity index (χ4v) is 7.95. The summed E-state index contributed by atoms with van der Waals surface area (Å²) in [4.78, 5) is 120. The van der Waals surface area contributed by atoms with Gasteiger partial charge in [-0.25, -0.2) is 4.79 Å². The summed E-state index contributed by atoms with van der Waals surface area (Å²) in [7, 11) is 0. The minimum Gasteiger partial charge on any atom is -0.508 e. The molecule has 1 unspecified atom stereocenters. The van der Waals surface area contributed by atoms with Gasteiger partial charge in [-0.15, -0.1) is 0 Å². The number of carboxylic acid groups (broad SMARTS) is 3. The maximum absolute atomic E-state index is 13.4. The minimum absolute atomic E-state index is 0.0280. The van der Waals surface area contributed by atoms with E-state index in [-0.39, 0.29) is 161 Å². The van der Waals surface area contributed by atoms with Gasteiger partial charge < -0.3 is 72.9 Å². The number of urea groups is 1. The molecule has 438 valence electrons. The third-order valence-electron chi connectivity index (χ3n) is 12.1. The van der Waals surface area contributed by atoms with E-state index in [4.69, 9.17) is 10.5 Å². The summed E-state index contributed by atoms with van der Waals surface area (Å²) in [5.41, 5.74) is 8.03. The molecule has 1 saturated heterocycles. The van der Waals surface area contributed by atoms with Gasteiger partial charge in [0, 0.05) is 117 Å². The Balaban J connectivity index is 1.41. The van der Waals surface area contributed by atoms with E-state index >= 15 is 0 Å². The molecule has 0 aliphatic carbocycles. The van der Waals surface area contributed by atoms with E-state index in [1.54, 1.807) is 50.8 Å². The van der Waals surface area contributed by atoms with Gasteiger partial charge in [-0.2, -0.15) is 4.99 Å². The van der Waals surface area contributed by atoms with Crippen LogP contribution in [0.15, 0.2) is 53.5 Å². The number of anilines is 1. The van der Waals surface area contributed by atoms with Crippen molar-refractivity contribution < 1.29 is 68.3 Å². The number of aldehydes is 1. The lowest BCUT2D eigenvalue weighted by Crippen LogP contribution is -2.54. The molecule has 6 amide bonds. The molecule has 0 bridgehead atoms. The highest BCUT2D eigenvalue weighted by molar-refractivity contribution is 5.91. The Hall–Kier alpha value is -7.50. The normalized spacial score (nSPS) is 15.0. The highest BCUT2D eigenvalue weighted by Crippen LogP contribution is 2.13. The van der Waals surface area contributed by atoms with Crippen molar-refractivity contribution in [3.8, 4) is 5.75 Å². The molecule has 0 saturated carbocycles. The maximum atomic E-state index is 13.4. The predicted octanol–water partition coefficient (Wildman–Crippen LogP) is -2.43. The van der Waals surface area contributed by atoms with Crippen molar-refractivity contribution in [2.75, 3.05) is 130 Å². The number of nitrogens with one attached hydrogen (secondary N) is 8. The molecule has 0 aromatic heterocycles. The van der Waals surface area contributed by atoms with Crippen molar-refractivity contribution in [2.45, 2.75) is 64.2 Å². The average Bonchev–Trinajstić information content (AvgIpc) is 3.40. The number of aromatic hydroxyl groups is 1. The number of phenolic OH excluding ortho intramolecular Hbond substituents is 1. The van der Waals surface area contributed by atoms with E-state index in [0.717, 1.165) is 11.3 Å². The summed E-state index contributed by atoms with van der Waals surface area (Å²) >= 11 is 0. The van der Waals surface area contributed by atoms with Crippen LogP contribution in [-0.4, -0.2) is 237 Å². The summed E-state index contributed by atoms with van der Waals surface area (Å²) < 4.78 is 5.65. The van der Waals surface area contributed by atoms with E-state index < -0.39 is 48.0 Å². The lowest BCUT2D eigenvalue weighted by molar-refractivity contribution is -0.140. The molecule has 1 fully saturated rings. The number of carboxylic acids is 3. The second-order valence-electron chi connectivity index (χ2n) is 18.5. The largest absolute Gasteiger partial charge is 0.508 e. The Labute approximate surface area is 459 Å². The monoisotopic (exact) mass is 1110 g/mol. The van der Waals surface area contributed by atoms with Gasteiger partial charge in [-0.05, 0) is 54.7 Å². The zero-order chi connectivity index (χ0) is 57.8. The number of benzene rings is 2. The minimum atomic E-state index is -1.06. The van der Waals surface area contributed by atoms with Crippen LogP contribution in [0.4, 0.5) is 10.5 Å². The molecule has 2 aromatic carbocycles. The van der Waals surface area contributed by atoms with Gasteiger partial charge in [-0.3, -0.25) is 58.5 Å². The molecular formula is C51H80N14O14. The third kappa shape index (κ3) is 30.3. The fraction of sp³-hybridized carbons (Fsp3) is 0.569. The molecular weight excluding hydrogens is 1030 g/mol. The lowest BCUT2D eigenvalue weighted by Gasteiger charge is -2.35. The molecule has 0 radical (unpaired) electrons. The highest BCUT2D eigenvalue weighted by Gasteiger charge is 2.24. The smallest absolute Gasteiger partial charge is 0.344 e. The van der Waals surface area contributed by atoms with Crippen LogP contribution in [-0.2, 0) is 56.1 Å². The van der Waals surface area contributed by atoms with Crippen molar-refractivity contribution >= 4 is 65.5 Å². The number of hydrogen-bond donors (Lipinski definition) is 13. The van der Waals surface area contributed by atoms with Gasteiger partial charge in [-0.1, -0.05) is 31.2 Å². The standard InChI is InChI=1S/C51H80N14O14/c1-2-43(68)56-17-18-58-51(78)61-50(52)57-14-4-8-41(49(77)59-32-37-9-11-40(67)12-10-37)60-45(70)31-38-6-3-7-39(30-38)53-15-5-16-55-44(69)13-28-79-29-19-54-42(36-66)65-26-24-63(34-47(73)74)22-20-62(33-46(71)72)21-23-64(25-27-65)35-48(75)76/h3,6-7,9-12,30,36,41-42,53-54,67H,2,4-5,8,13-29,31-35H2,1H3,(H,55,69)(H,56,68)(H,59,77)(H,60,70)(H,71,72)(H,73,74)(H,75,76)(H4,52,57,58,61,78)/t41-,42?/m1/s1. The van der Waals surface area contributed by atoms with Gasteiger partial charge in [0.25, 0.3) is 0 Å². The van der Waals surface area contributed by atoms with Gasteiger partial charge in [0.15, 0.2) is 12.2 Å². The third-order valence-corrected chi connectivity index (χ3v) is 12.1. The number of aliphatic carboxylic acids is 3. The zero-order valence-corrected chi connectivity index (χ0v) is 44.9. The molecule has 1 aliphatic heterocycles. The van der Waals surface area contributed by atoms with E-state index in [0.29, 0.717) is 44.2 Å². The molecule has 2 atom stereocenters. The van der Waals surface area contributed by atoms with Crippen LogP contribution in [0.25, 0.3) is 0 Å². The fourth-order valence-electron chi connectivity index (χ4n) is 7.95. The molecule has 79 heavy (non-hydrogen) atoms. The van der Waals surface area contributed by atoms with E-state index in [9.17, 15) is 63.6 Å². The van der Waals surface area contributed by atoms with Crippen LogP contribution in [0.1, 0.15) is 50.2 Å². The first-order valence-electron chi connectivity index (χ1n) is 26.3. The Morgan fingerprint density at radius 2 is 1.27 bits per heavy atom. The van der Waals surface area contributed by atoms with Crippen molar-refractivity contribution in [1.82, 2.24) is 56.8 Å². The summed E-state index contributed by atoms with van der Waals surface area (Å²) in [6.07, 6.45) is 1.44. The first-order valence-corrected chi connectivity index (χ1v) is 26.3. The van der Waals surface area contributed by atoms with E-state index in [2.05, 4.69) is 47.5 Å². The maximum Gasteiger partial charge on any atom is 0.344 e. The molecule has 28 heteroatoms. The molecule has 2 aromatic rings. The molecule has 1 heterocycles. The Morgan fingerprint density at radius 3 is 1.87 bits per heavy atom. The van der Waals surface area contributed by atoms with Crippen LogP contribution < -0.4 is 48.3 Å². The number of amides is 6. The van der Waals surface area contributed by atoms with Crippen molar-refractivity contribution in [2.24, 2.45) is 10.7 Å². The Kier molecular flexibility index (Phi) is 31.8. The zero-order valence-electron chi connectivity index (χ0n) is 44.9. The first-order chi connectivity index (χ1) is 37.9. The number of carbonyl (C=O) groups excluding carboxylic acids is 6. The topological polar surface area (TPSA) is 391 Å². The molecule has 3 rings (SSSR count). The predicted molar refractivity (Wildman–Crippen MR) is 291 cm³/mol. The van der Waals surface area contributed by atoms with Crippen molar-refractivity contribution in [1.29, 1.82) is 0 Å². The van der Waals surface area contributed by atoms with Gasteiger partial charge in [0.05, 0.1) is 39.3 Å². The Bertz CT molecular complexity index is 2240. The molecule has 28 nitrogen and oxygen atoms in total. The Morgan fingerprint density at radius 1 is 0.671 bits per heavy atom. The number of rotatable bonds is 34. The van der Waals surface area contributed by atoms with Crippen LogP contribution in [0.5, 0.6) is 5.75 Å². The van der Waals surface area contributed by atoms with Crippen LogP contribution in [0.2, 0.25) is 0 Å². The van der Waals surface area contributed by atoms with Crippen molar-refractivity contribution in [3.63, 3.8) is 0 Å². The number of nitrogens with zero attached hydrogens (tertiary/aromatic N) is 5. The van der Waals surface area contributed by atoms with Crippen molar-refractivity contribution in [3.05, 3.63) is 59.7 Å². The highest BCUT2D eigenvalue weighted by atomic mass is 16.5. The summed E-state index contributed by atoms with van der Waals surface area (Å²) in [5, 5.41) is 60.9. The van der Waals surface area contributed by atoms with Gasteiger partial charge in [0.2, 0.25) is 23.6 Å². The average molecular weight is 1110 g/mol. The van der Waals surface area contributed by atoms with Crippen LogP contribution in [0, 0.1) is 0 Å². The number of carbonyl (C=O) groups is 9. The second kappa shape index (κ2) is 38.1. The van der Waals surface area contributed by atoms with Crippen LogP contribution in [0.3, 0.4) is 0 Å². The summed E-state index contributed by atoms with van der Waals surface area (Å²) in [5.74, 6) is -4.42. The summed E-state index contributed by atoms with van der Waals surface area (Å²) in [6, 6.07) is 11.9. The SMILES string of the molecule is CCC(=O)NCCNC(=O)/N=C(/N)NCCC[C@@H](NC(=O)Cc1cccc(NCCCNC(=O)CCOCCNC(C=O)N2CCN(CC(=O)O)CCN(CC(=O)O)CCN(CC(=O)O)CC2)c1)C(=O)NCc1ccc(O)cc1. The summed E-state index contributed by atoms with van der Waals surface area (Å²) in [6.45, 7) is 5.05. The second-order valence-corrected chi connectivity index (χ2v) is 18.5. The number of nitrogens with two attached hydrogens (primary N) is 1. The number of aliphatic imine (C=N–C) groups is 1. The van der Waals surface area contributed by atoms with Crippen LogP contribution >= 0.6 is 0 Å². The van der Waals surface area contributed by atoms with E-state index in [1.807, 2.05) is 12.1 Å². The van der Waals surface area contributed by atoms with Gasteiger partial charge in [0.1, 0.15) is 18.0 Å². The number of guanidine groups is 1. The molecule has 14 N–H and O–H groups in total. The number of phenols is 1. The van der Waals surface area contributed by atoms with Gasteiger partial charge >= 0.3 is 23.9 Å². The lowest BCUT2D eigenvalue weighted by atomic mass is 10.1. The van der Waals surface area contributed by atoms with E-state index in [1.165, 1.54) is 12.1 Å². The quantitative estimate of drug-likeness (QED) is 0.0150. The first kappa shape index (κ1) is 65.8. The number of hydrogen-bond acceptors (Lipinski definition) is 17. The molecule has 0 spiro atoms. The molecule has 1 aliphatic rings.